The molecular formula is C37H41ClF3N5O3. The number of likely N-dealkylation sites (tertiary alicyclic amines) is 2. The van der Waals surface area contributed by atoms with Crippen molar-refractivity contribution in [3.05, 3.63) is 94.0 Å². The molecule has 49 heavy (non-hydrogen) atoms. The Hall–Kier alpha value is -4.25. The van der Waals surface area contributed by atoms with Gasteiger partial charge in [-0.1, -0.05) is 60.1 Å². The minimum Gasteiger partial charge on any atom is -0.397 e. The molecule has 3 aliphatic heterocycles. The number of alkyl halides is 3. The van der Waals surface area contributed by atoms with Crippen LogP contribution < -0.4 is 11.1 Å². The average molecular weight is 696 g/mol. The summed E-state index contributed by atoms with van der Waals surface area (Å²) in [5, 5.41) is 2.76. The Morgan fingerprint density at radius 2 is 1.55 bits per heavy atom. The SMILES string of the molecule is Nc1c(Cl)cc(C[C@@H](CC(=O)N2CCC(N3CCc4ccccc4NC3=O)CC2)C(=O)N2CCC(c3ccccc3)CC2)cc1C(F)(F)F. The first-order chi connectivity index (χ1) is 23.5. The summed E-state index contributed by atoms with van der Waals surface area (Å²) in [7, 11) is 0. The number of hydrogen-bond donors (Lipinski definition) is 2. The van der Waals surface area contributed by atoms with Gasteiger partial charge in [0.1, 0.15) is 0 Å². The van der Waals surface area contributed by atoms with E-state index in [1.165, 1.54) is 11.6 Å². The maximum Gasteiger partial charge on any atom is 0.418 e. The van der Waals surface area contributed by atoms with Gasteiger partial charge in [-0.25, -0.2) is 4.79 Å². The highest BCUT2D eigenvalue weighted by Crippen LogP contribution is 2.39. The van der Waals surface area contributed by atoms with Crippen LogP contribution in [-0.4, -0.2) is 71.3 Å². The largest absolute Gasteiger partial charge is 0.418 e. The number of anilines is 2. The van der Waals surface area contributed by atoms with E-state index in [2.05, 4.69) is 17.4 Å². The van der Waals surface area contributed by atoms with Gasteiger partial charge in [0.2, 0.25) is 11.8 Å². The summed E-state index contributed by atoms with van der Waals surface area (Å²) < 4.78 is 41.4. The molecule has 3 aromatic rings. The first-order valence-corrected chi connectivity index (χ1v) is 17.3. The van der Waals surface area contributed by atoms with Crippen LogP contribution in [0.5, 0.6) is 0 Å². The van der Waals surface area contributed by atoms with E-state index in [1.54, 1.807) is 9.80 Å². The Morgan fingerprint density at radius 1 is 0.898 bits per heavy atom. The van der Waals surface area contributed by atoms with Crippen LogP contribution >= 0.6 is 11.6 Å². The summed E-state index contributed by atoms with van der Waals surface area (Å²) in [6.07, 6.45) is -1.55. The lowest BCUT2D eigenvalue weighted by Gasteiger charge is -2.38. The third-order valence-electron chi connectivity index (χ3n) is 10.2. The highest BCUT2D eigenvalue weighted by Gasteiger charge is 2.37. The van der Waals surface area contributed by atoms with Crippen molar-refractivity contribution in [2.75, 3.05) is 43.8 Å². The molecule has 2 fully saturated rings. The second-order valence-corrected chi connectivity index (χ2v) is 13.7. The molecule has 0 bridgehead atoms. The predicted molar refractivity (Wildman–Crippen MR) is 183 cm³/mol. The molecule has 12 heteroatoms. The zero-order valence-corrected chi connectivity index (χ0v) is 28.0. The molecule has 3 heterocycles. The van der Waals surface area contributed by atoms with Crippen LogP contribution in [0, 0.1) is 5.92 Å². The lowest BCUT2D eigenvalue weighted by Crippen LogP contribution is -2.50. The van der Waals surface area contributed by atoms with E-state index in [4.69, 9.17) is 17.3 Å². The Morgan fingerprint density at radius 3 is 2.24 bits per heavy atom. The molecule has 260 valence electrons. The van der Waals surface area contributed by atoms with Crippen LogP contribution in [0.25, 0.3) is 0 Å². The average Bonchev–Trinajstić information content (AvgIpc) is 3.27. The van der Waals surface area contributed by atoms with E-state index >= 15 is 0 Å². The van der Waals surface area contributed by atoms with Crippen molar-refractivity contribution in [1.29, 1.82) is 0 Å². The normalized spacial score (nSPS) is 18.4. The molecule has 0 unspecified atom stereocenters. The zero-order chi connectivity index (χ0) is 34.7. The number of carbonyl (C=O) groups excluding carboxylic acids is 3. The van der Waals surface area contributed by atoms with Crippen molar-refractivity contribution in [1.82, 2.24) is 14.7 Å². The van der Waals surface area contributed by atoms with Gasteiger partial charge in [-0.3, -0.25) is 9.59 Å². The van der Waals surface area contributed by atoms with E-state index in [1.807, 2.05) is 47.4 Å². The van der Waals surface area contributed by atoms with E-state index in [0.717, 1.165) is 36.6 Å². The van der Waals surface area contributed by atoms with Crippen LogP contribution in [0.15, 0.2) is 66.7 Å². The van der Waals surface area contributed by atoms with Gasteiger partial charge in [0.15, 0.2) is 0 Å². The molecule has 3 aliphatic rings. The molecule has 8 nitrogen and oxygen atoms in total. The maximum absolute atomic E-state index is 14.0. The molecule has 0 radical (unpaired) electrons. The van der Waals surface area contributed by atoms with Gasteiger partial charge >= 0.3 is 12.2 Å². The highest BCUT2D eigenvalue weighted by molar-refractivity contribution is 6.33. The van der Waals surface area contributed by atoms with E-state index in [-0.39, 0.29) is 47.3 Å². The van der Waals surface area contributed by atoms with Crippen LogP contribution in [0.1, 0.15) is 60.3 Å². The number of amides is 4. The number of fused-ring (bicyclic) bond motifs is 1. The summed E-state index contributed by atoms with van der Waals surface area (Å²) >= 11 is 6.14. The van der Waals surface area contributed by atoms with E-state index < -0.39 is 23.3 Å². The molecule has 0 saturated carbocycles. The standard InChI is InChI=1S/C37H41ClF3N5O3/c38-31-22-24(21-30(34(31)42)37(39,40)41)20-28(35(48)45-15-10-26(11-16-45)25-6-2-1-3-7-25)23-33(47)44-17-13-29(14-18-44)46-19-12-27-8-4-5-9-32(27)43-36(46)49/h1-9,21-22,26,28-29H,10-20,23,42H2,(H,43,49)/t28-/m0/s1. The van der Waals surface area contributed by atoms with Gasteiger partial charge < -0.3 is 25.8 Å². The van der Waals surface area contributed by atoms with Gasteiger partial charge in [-0.2, -0.15) is 13.2 Å². The van der Waals surface area contributed by atoms with Crippen LogP contribution in [0.4, 0.5) is 29.3 Å². The monoisotopic (exact) mass is 695 g/mol. The smallest absolute Gasteiger partial charge is 0.397 e. The van der Waals surface area contributed by atoms with E-state index in [0.29, 0.717) is 51.5 Å². The zero-order valence-electron chi connectivity index (χ0n) is 27.2. The quantitative estimate of drug-likeness (QED) is 0.261. The number of nitrogens with one attached hydrogen (secondary N) is 1. The molecule has 3 aromatic carbocycles. The molecule has 3 N–H and O–H groups in total. The first-order valence-electron chi connectivity index (χ1n) is 16.9. The number of carbonyl (C=O) groups is 3. The minimum atomic E-state index is -4.73. The molecular weight excluding hydrogens is 655 g/mol. The second-order valence-electron chi connectivity index (χ2n) is 13.3. The number of nitrogens with zero attached hydrogens (tertiary/aromatic N) is 3. The topological polar surface area (TPSA) is 99.0 Å². The number of benzene rings is 3. The fourth-order valence-electron chi connectivity index (χ4n) is 7.48. The Kier molecular flexibility index (Phi) is 10.4. The van der Waals surface area contributed by atoms with Crippen molar-refractivity contribution in [2.24, 2.45) is 5.92 Å². The third-order valence-corrected chi connectivity index (χ3v) is 10.5. The van der Waals surface area contributed by atoms with Gasteiger partial charge in [0, 0.05) is 50.9 Å². The van der Waals surface area contributed by atoms with Crippen molar-refractivity contribution in [3.63, 3.8) is 0 Å². The van der Waals surface area contributed by atoms with E-state index in [9.17, 15) is 27.6 Å². The summed E-state index contributed by atoms with van der Waals surface area (Å²) in [5.74, 6) is -1.06. The summed E-state index contributed by atoms with van der Waals surface area (Å²) in [4.78, 5) is 46.2. The van der Waals surface area contributed by atoms with Crippen LogP contribution in [-0.2, 0) is 28.6 Å². The third kappa shape index (κ3) is 7.98. The number of halogens is 4. The predicted octanol–water partition coefficient (Wildman–Crippen LogP) is 6.98. The molecule has 2 saturated heterocycles. The molecule has 0 spiro atoms. The number of nitrogens with two attached hydrogens (primary N) is 1. The van der Waals surface area contributed by atoms with Crippen molar-refractivity contribution in [2.45, 2.75) is 63.1 Å². The van der Waals surface area contributed by atoms with Crippen molar-refractivity contribution >= 4 is 40.8 Å². The van der Waals surface area contributed by atoms with Crippen molar-refractivity contribution < 1.29 is 27.6 Å². The Labute approximate surface area is 289 Å². The van der Waals surface area contributed by atoms with Crippen LogP contribution in [0.3, 0.4) is 0 Å². The van der Waals surface area contributed by atoms with Gasteiger partial charge in [-0.15, -0.1) is 0 Å². The molecule has 0 aliphatic carbocycles. The summed E-state index contributed by atoms with van der Waals surface area (Å²) in [5.41, 5.74) is 7.35. The fraction of sp³-hybridized carbons (Fsp3) is 0.432. The lowest BCUT2D eigenvalue weighted by atomic mass is 9.87. The lowest BCUT2D eigenvalue weighted by molar-refractivity contribution is -0.142. The van der Waals surface area contributed by atoms with Crippen LogP contribution in [0.2, 0.25) is 5.02 Å². The summed E-state index contributed by atoms with van der Waals surface area (Å²) in [6, 6.07) is 19.9. The number of hydrogen-bond acceptors (Lipinski definition) is 4. The molecule has 1 atom stereocenters. The first kappa shape index (κ1) is 34.6. The number of piperidine rings is 2. The van der Waals surface area contributed by atoms with Gasteiger partial charge in [-0.05, 0) is 79.3 Å². The Balaban J connectivity index is 1.14. The number of nitrogen functional groups attached to an aromatic ring is 1. The molecule has 6 rings (SSSR count). The molecule has 0 aromatic heterocycles. The molecule has 4 amide bonds. The Bertz CT molecular complexity index is 1670. The number of para-hydroxylation sites is 1. The second kappa shape index (κ2) is 14.7. The summed E-state index contributed by atoms with van der Waals surface area (Å²) in [6.45, 7) is 2.38. The highest BCUT2D eigenvalue weighted by atomic mass is 35.5. The van der Waals surface area contributed by atoms with Gasteiger partial charge in [0.05, 0.1) is 22.2 Å². The maximum atomic E-state index is 14.0. The minimum absolute atomic E-state index is 0.0422. The fourth-order valence-corrected chi connectivity index (χ4v) is 7.72. The van der Waals surface area contributed by atoms with Gasteiger partial charge in [0.25, 0.3) is 0 Å². The number of rotatable bonds is 7. The number of urea groups is 1. The van der Waals surface area contributed by atoms with Crippen molar-refractivity contribution in [3.8, 4) is 0 Å².